The largest absolute Gasteiger partial charge is 0.521 e. The molecule has 112 valence electrons. The van der Waals surface area contributed by atoms with Crippen LogP contribution in [-0.4, -0.2) is 35.3 Å². The van der Waals surface area contributed by atoms with Crippen molar-refractivity contribution in [2.24, 2.45) is 5.73 Å². The predicted molar refractivity (Wildman–Crippen MR) is 77.8 cm³/mol. The monoisotopic (exact) mass is 280 g/mol. The smallest absolute Gasteiger partial charge is 0.376 e. The summed E-state index contributed by atoms with van der Waals surface area (Å²) in [5.74, 6) is 0. The molecule has 18 heavy (non-hydrogen) atoms. The Hall–Kier alpha value is 0.0169. The Labute approximate surface area is 113 Å². The number of unbranched alkanes of at least 4 members (excludes halogenated alkanes) is 3. The van der Waals surface area contributed by atoms with E-state index in [0.717, 1.165) is 19.3 Å². The second kappa shape index (κ2) is 9.88. The van der Waals surface area contributed by atoms with Crippen LogP contribution in [0.15, 0.2) is 0 Å². The van der Waals surface area contributed by atoms with Crippen molar-refractivity contribution in [3.8, 4) is 0 Å². The van der Waals surface area contributed by atoms with Crippen LogP contribution in [0.25, 0.3) is 0 Å². The maximum Gasteiger partial charge on any atom is 0.521 e. The molecule has 0 rings (SSSR count). The molecular formula is C12H32N2O3Si. The molecule has 0 aliphatic carbocycles. The SMILES string of the molecule is CCCCCCC(N)(CC)[Si](OC)(OC)OC.N. The van der Waals surface area contributed by atoms with Crippen molar-refractivity contribution in [1.82, 2.24) is 6.15 Å². The van der Waals surface area contributed by atoms with Crippen molar-refractivity contribution >= 4 is 8.80 Å². The van der Waals surface area contributed by atoms with Crippen LogP contribution in [0.1, 0.15) is 52.4 Å². The summed E-state index contributed by atoms with van der Waals surface area (Å²) < 4.78 is 16.6. The molecule has 1 unspecified atom stereocenters. The van der Waals surface area contributed by atoms with Crippen LogP contribution in [0.4, 0.5) is 0 Å². The second-order valence-corrected chi connectivity index (χ2v) is 7.82. The highest BCUT2D eigenvalue weighted by atomic mass is 28.4. The van der Waals surface area contributed by atoms with Crippen molar-refractivity contribution in [3.05, 3.63) is 0 Å². The summed E-state index contributed by atoms with van der Waals surface area (Å²) in [4.78, 5) is 0. The number of hydrogen-bond donors (Lipinski definition) is 2. The average Bonchev–Trinajstić information content (AvgIpc) is 2.37. The molecule has 0 aliphatic heterocycles. The van der Waals surface area contributed by atoms with Gasteiger partial charge in [-0.2, -0.15) is 0 Å². The summed E-state index contributed by atoms with van der Waals surface area (Å²) in [6.07, 6.45) is 6.48. The van der Waals surface area contributed by atoms with E-state index >= 15 is 0 Å². The molecule has 0 aromatic carbocycles. The van der Waals surface area contributed by atoms with E-state index in [2.05, 4.69) is 13.8 Å². The van der Waals surface area contributed by atoms with E-state index in [1.54, 1.807) is 21.3 Å². The van der Waals surface area contributed by atoms with E-state index in [1.807, 2.05) is 0 Å². The van der Waals surface area contributed by atoms with Gasteiger partial charge < -0.3 is 25.2 Å². The van der Waals surface area contributed by atoms with Crippen molar-refractivity contribution < 1.29 is 13.3 Å². The first kappa shape index (κ1) is 20.3. The predicted octanol–water partition coefficient (Wildman–Crippen LogP) is 2.64. The fourth-order valence-corrected chi connectivity index (χ4v) is 4.91. The van der Waals surface area contributed by atoms with Gasteiger partial charge in [0.1, 0.15) is 0 Å². The summed E-state index contributed by atoms with van der Waals surface area (Å²) in [5, 5.41) is -0.473. The van der Waals surface area contributed by atoms with Gasteiger partial charge in [0.15, 0.2) is 0 Å². The highest BCUT2D eigenvalue weighted by Crippen LogP contribution is 2.29. The van der Waals surface area contributed by atoms with E-state index in [1.165, 1.54) is 19.3 Å². The van der Waals surface area contributed by atoms with Gasteiger partial charge in [0.2, 0.25) is 0 Å². The third-order valence-corrected chi connectivity index (χ3v) is 6.96. The first-order valence-corrected chi connectivity index (χ1v) is 8.22. The molecule has 0 radical (unpaired) electrons. The minimum Gasteiger partial charge on any atom is -0.376 e. The Morgan fingerprint density at radius 1 is 0.944 bits per heavy atom. The van der Waals surface area contributed by atoms with Crippen LogP contribution in [0.3, 0.4) is 0 Å². The zero-order chi connectivity index (χ0) is 13.4. The first-order valence-electron chi connectivity index (χ1n) is 6.50. The zero-order valence-corrected chi connectivity index (χ0v) is 13.8. The number of rotatable bonds is 10. The van der Waals surface area contributed by atoms with Gasteiger partial charge in [0.05, 0.1) is 5.16 Å². The summed E-state index contributed by atoms with van der Waals surface area (Å²) >= 11 is 0. The van der Waals surface area contributed by atoms with E-state index in [-0.39, 0.29) is 6.15 Å². The fourth-order valence-electron chi connectivity index (χ4n) is 2.27. The Bertz CT molecular complexity index is 195. The van der Waals surface area contributed by atoms with Gasteiger partial charge in [-0.3, -0.25) is 0 Å². The minimum atomic E-state index is -2.75. The van der Waals surface area contributed by atoms with Crippen molar-refractivity contribution in [1.29, 1.82) is 0 Å². The summed E-state index contributed by atoms with van der Waals surface area (Å²) in [6.45, 7) is 4.27. The molecule has 0 saturated heterocycles. The molecule has 0 saturated carbocycles. The van der Waals surface area contributed by atoms with Crippen LogP contribution >= 0.6 is 0 Å². The lowest BCUT2D eigenvalue weighted by atomic mass is 10.1. The lowest BCUT2D eigenvalue weighted by Gasteiger charge is -2.40. The van der Waals surface area contributed by atoms with Gasteiger partial charge in [0.25, 0.3) is 0 Å². The van der Waals surface area contributed by atoms with Crippen LogP contribution in [0.2, 0.25) is 0 Å². The van der Waals surface area contributed by atoms with E-state index in [0.29, 0.717) is 0 Å². The van der Waals surface area contributed by atoms with Gasteiger partial charge in [-0.25, -0.2) is 0 Å². The maximum atomic E-state index is 6.48. The average molecular weight is 280 g/mol. The highest BCUT2D eigenvalue weighted by molar-refractivity contribution is 6.64. The second-order valence-electron chi connectivity index (χ2n) is 4.49. The van der Waals surface area contributed by atoms with Crippen LogP contribution < -0.4 is 11.9 Å². The third kappa shape index (κ3) is 4.60. The molecule has 0 amide bonds. The highest BCUT2D eigenvalue weighted by Gasteiger charge is 2.56. The molecule has 1 atom stereocenters. The van der Waals surface area contributed by atoms with Gasteiger partial charge >= 0.3 is 8.80 Å². The van der Waals surface area contributed by atoms with E-state index < -0.39 is 14.0 Å². The van der Waals surface area contributed by atoms with Crippen LogP contribution in [0, 0.1) is 0 Å². The number of nitrogens with two attached hydrogens (primary N) is 1. The molecule has 0 aromatic heterocycles. The Balaban J connectivity index is 0. The van der Waals surface area contributed by atoms with Gasteiger partial charge in [-0.05, 0) is 12.8 Å². The molecule has 0 spiro atoms. The van der Waals surface area contributed by atoms with Gasteiger partial charge in [0, 0.05) is 21.3 Å². The van der Waals surface area contributed by atoms with Crippen LogP contribution in [0.5, 0.6) is 0 Å². The van der Waals surface area contributed by atoms with Crippen LogP contribution in [-0.2, 0) is 13.3 Å². The summed E-state index contributed by atoms with van der Waals surface area (Å²) in [7, 11) is 2.13. The lowest BCUT2D eigenvalue weighted by Crippen LogP contribution is -2.68. The topological polar surface area (TPSA) is 88.7 Å². The summed E-state index contributed by atoms with van der Waals surface area (Å²) in [5.41, 5.74) is 6.48. The van der Waals surface area contributed by atoms with E-state index in [9.17, 15) is 0 Å². The third-order valence-electron chi connectivity index (χ3n) is 3.52. The minimum absolute atomic E-state index is 0. The molecule has 5 nitrogen and oxygen atoms in total. The normalized spacial score (nSPS) is 15.0. The maximum absolute atomic E-state index is 6.48. The quantitative estimate of drug-likeness (QED) is 0.474. The van der Waals surface area contributed by atoms with Crippen molar-refractivity contribution in [2.45, 2.75) is 57.5 Å². The number of hydrogen-bond acceptors (Lipinski definition) is 5. The summed E-state index contributed by atoms with van der Waals surface area (Å²) in [6, 6.07) is 0. The van der Waals surface area contributed by atoms with Gasteiger partial charge in [-0.15, -0.1) is 0 Å². The molecular weight excluding hydrogens is 248 g/mol. The lowest BCUT2D eigenvalue weighted by molar-refractivity contribution is 0.0867. The first-order chi connectivity index (χ1) is 8.05. The Morgan fingerprint density at radius 2 is 1.44 bits per heavy atom. The Morgan fingerprint density at radius 3 is 1.78 bits per heavy atom. The molecule has 5 N–H and O–H groups in total. The molecule has 0 bridgehead atoms. The zero-order valence-electron chi connectivity index (χ0n) is 12.8. The van der Waals surface area contributed by atoms with Crippen molar-refractivity contribution in [3.63, 3.8) is 0 Å². The molecule has 0 aliphatic rings. The van der Waals surface area contributed by atoms with E-state index in [4.69, 9.17) is 19.0 Å². The molecule has 0 fully saturated rings. The fraction of sp³-hybridized carbons (Fsp3) is 1.00. The molecule has 6 heteroatoms. The van der Waals surface area contributed by atoms with Crippen molar-refractivity contribution in [2.75, 3.05) is 21.3 Å². The standard InChI is InChI=1S/C12H29NO3Si.H3N/c1-6-8-9-10-11-12(13,7-2)17(14-3,15-4)16-5;/h6-11,13H2,1-5H3;1H3. The van der Waals surface area contributed by atoms with Gasteiger partial charge in [-0.1, -0.05) is 39.5 Å². The molecule has 0 aromatic rings. The molecule has 0 heterocycles. The Kier molecular flexibility index (Phi) is 11.2.